The molecular weight excluding hydrogens is 385 g/mol. The number of carbonyl (C=O) groups excluding carboxylic acids is 1. The molecule has 0 amide bonds. The predicted octanol–water partition coefficient (Wildman–Crippen LogP) is 3.30. The molecule has 0 saturated heterocycles. The van der Waals surface area contributed by atoms with E-state index in [0.717, 1.165) is 25.1 Å². The van der Waals surface area contributed by atoms with Gasteiger partial charge in [0, 0.05) is 27.6 Å². The zero-order chi connectivity index (χ0) is 18.4. The fraction of sp³-hybridized carbons (Fsp3) is 0.312. The normalized spacial score (nSPS) is 14.7. The van der Waals surface area contributed by atoms with Crippen LogP contribution < -0.4 is 0 Å². The van der Waals surface area contributed by atoms with Gasteiger partial charge in [-0.25, -0.2) is 4.79 Å². The third kappa shape index (κ3) is 5.31. The third-order valence-corrected chi connectivity index (χ3v) is 5.19. The largest absolute Gasteiger partial charge is 0.692 e. The Morgan fingerprint density at radius 1 is 1.36 bits per heavy atom. The quantitative estimate of drug-likeness (QED) is 0.605. The van der Waals surface area contributed by atoms with Crippen LogP contribution in [-0.4, -0.2) is 34.3 Å². The van der Waals surface area contributed by atoms with Crippen molar-refractivity contribution in [1.82, 2.24) is 4.90 Å². The molecular formula is C16H18ClNO5PS+. The van der Waals surface area contributed by atoms with E-state index in [1.165, 1.54) is 17.6 Å². The summed E-state index contributed by atoms with van der Waals surface area (Å²) < 4.78 is 13.7. The van der Waals surface area contributed by atoms with Gasteiger partial charge in [0.2, 0.25) is 0 Å². The highest BCUT2D eigenvalue weighted by Crippen LogP contribution is 2.33. The predicted molar refractivity (Wildman–Crippen MR) is 96.7 cm³/mol. The lowest BCUT2D eigenvalue weighted by molar-refractivity contribution is -0.147. The molecule has 0 unspecified atom stereocenters. The van der Waals surface area contributed by atoms with E-state index in [-0.39, 0.29) is 5.97 Å². The van der Waals surface area contributed by atoms with Crippen LogP contribution in [0.3, 0.4) is 0 Å². The van der Waals surface area contributed by atoms with Gasteiger partial charge >= 0.3 is 14.2 Å². The highest BCUT2D eigenvalue weighted by Gasteiger charge is 2.32. The lowest BCUT2D eigenvalue weighted by Gasteiger charge is -2.33. The van der Waals surface area contributed by atoms with Crippen molar-refractivity contribution in [3.05, 3.63) is 56.7 Å². The van der Waals surface area contributed by atoms with Crippen LogP contribution in [0.15, 0.2) is 35.7 Å². The number of thiophene rings is 1. The average molecular weight is 403 g/mol. The summed E-state index contributed by atoms with van der Waals surface area (Å²) in [6.45, 7) is 1.59. The third-order valence-electron chi connectivity index (χ3n) is 3.83. The number of esters is 1. The zero-order valence-electron chi connectivity index (χ0n) is 13.5. The lowest BCUT2D eigenvalue weighted by Crippen LogP contribution is -2.38. The van der Waals surface area contributed by atoms with Crippen LogP contribution in [0.5, 0.6) is 0 Å². The Bertz CT molecular complexity index is 750. The number of carbonyl (C=O) groups is 1. The maximum Gasteiger partial charge on any atom is 0.692 e. The number of rotatable bonds is 3. The van der Waals surface area contributed by atoms with Crippen LogP contribution in [0.1, 0.15) is 22.0 Å². The summed E-state index contributed by atoms with van der Waals surface area (Å²) in [6.07, 6.45) is 0.963. The molecule has 0 aliphatic carbocycles. The van der Waals surface area contributed by atoms with Crippen molar-refractivity contribution >= 4 is 37.2 Å². The van der Waals surface area contributed by atoms with Crippen molar-refractivity contribution in [2.24, 2.45) is 0 Å². The molecule has 134 valence electrons. The molecule has 6 nitrogen and oxygen atoms in total. The van der Waals surface area contributed by atoms with Crippen LogP contribution in [-0.2, 0) is 27.1 Å². The van der Waals surface area contributed by atoms with Crippen LogP contribution in [0, 0.1) is 0 Å². The average Bonchev–Trinajstić information content (AvgIpc) is 3.04. The van der Waals surface area contributed by atoms with Crippen molar-refractivity contribution < 1.29 is 23.9 Å². The van der Waals surface area contributed by atoms with Gasteiger partial charge in [0.1, 0.15) is 6.04 Å². The van der Waals surface area contributed by atoms with E-state index in [0.29, 0.717) is 5.02 Å². The molecule has 1 aromatic carbocycles. The topological polar surface area (TPSA) is 87.1 Å². The van der Waals surface area contributed by atoms with Crippen LogP contribution in [0.4, 0.5) is 0 Å². The number of hydrogen-bond donors (Lipinski definition) is 2. The van der Waals surface area contributed by atoms with Crippen LogP contribution >= 0.6 is 31.2 Å². The van der Waals surface area contributed by atoms with Gasteiger partial charge in [0.05, 0.1) is 7.11 Å². The smallest absolute Gasteiger partial charge is 0.468 e. The Balaban J connectivity index is 0.000000511. The molecule has 2 heterocycles. The Hall–Kier alpha value is -1.34. The molecule has 0 saturated carbocycles. The molecule has 25 heavy (non-hydrogen) atoms. The molecule has 0 bridgehead atoms. The Morgan fingerprint density at radius 3 is 2.68 bits per heavy atom. The lowest BCUT2D eigenvalue weighted by atomic mass is 10.0. The van der Waals surface area contributed by atoms with E-state index >= 15 is 0 Å². The first-order chi connectivity index (χ1) is 11.9. The van der Waals surface area contributed by atoms with Gasteiger partial charge in [-0.2, -0.15) is 0 Å². The summed E-state index contributed by atoms with van der Waals surface area (Å²) >= 11 is 8.07. The second-order valence-electron chi connectivity index (χ2n) is 5.29. The zero-order valence-corrected chi connectivity index (χ0v) is 15.9. The number of nitrogens with zero attached hydrogens (tertiary/aromatic N) is 1. The molecule has 1 aromatic heterocycles. The Morgan fingerprint density at radius 2 is 2.04 bits per heavy atom. The molecule has 0 spiro atoms. The molecule has 1 aliphatic rings. The van der Waals surface area contributed by atoms with E-state index in [9.17, 15) is 4.79 Å². The standard InChI is InChI=1S/C16H16ClNO2S.HO3P/c1-20-16(19)15(12-4-2-3-5-13(12)17)18-8-6-14-11(10-18)7-9-21-14;1-4(2)3/h2-5,7,9,15H,6,8,10H2,1H3;(H-,1,2,3)/p+1/t15-;/m0./s1. The molecule has 1 aliphatic heterocycles. The molecule has 2 aromatic rings. The van der Waals surface area contributed by atoms with Crippen molar-refractivity contribution in [3.63, 3.8) is 0 Å². The van der Waals surface area contributed by atoms with E-state index in [4.69, 9.17) is 30.7 Å². The second kappa shape index (κ2) is 9.38. The van der Waals surface area contributed by atoms with Gasteiger partial charge in [-0.3, -0.25) is 4.90 Å². The molecule has 2 N–H and O–H groups in total. The number of fused-ring (bicyclic) bond motifs is 1. The number of hydrogen-bond acceptors (Lipinski definition) is 5. The van der Waals surface area contributed by atoms with E-state index in [2.05, 4.69) is 16.3 Å². The van der Waals surface area contributed by atoms with Crippen molar-refractivity contribution in [3.8, 4) is 0 Å². The molecule has 0 fully saturated rings. The maximum atomic E-state index is 12.3. The van der Waals surface area contributed by atoms with Crippen molar-refractivity contribution in [2.75, 3.05) is 13.7 Å². The number of ether oxygens (including phenoxy) is 1. The summed E-state index contributed by atoms with van der Waals surface area (Å²) in [5.74, 6) is -0.262. The molecule has 3 rings (SSSR count). The first kappa shape index (κ1) is 20.0. The molecule has 0 radical (unpaired) electrons. The van der Waals surface area contributed by atoms with Gasteiger partial charge in [-0.15, -0.1) is 21.1 Å². The summed E-state index contributed by atoms with van der Waals surface area (Å²) in [6, 6.07) is 9.16. The monoisotopic (exact) mass is 402 g/mol. The summed E-state index contributed by atoms with van der Waals surface area (Å²) in [5.41, 5.74) is 2.11. The van der Waals surface area contributed by atoms with E-state index in [1.807, 2.05) is 24.3 Å². The van der Waals surface area contributed by atoms with Crippen LogP contribution in [0.25, 0.3) is 0 Å². The first-order valence-electron chi connectivity index (χ1n) is 7.40. The van der Waals surface area contributed by atoms with Crippen LogP contribution in [0.2, 0.25) is 5.02 Å². The van der Waals surface area contributed by atoms with E-state index in [1.54, 1.807) is 11.3 Å². The maximum absolute atomic E-state index is 12.3. The summed E-state index contributed by atoms with van der Waals surface area (Å²) in [5, 5.41) is 2.71. The summed E-state index contributed by atoms with van der Waals surface area (Å²) in [7, 11) is -1.45. The first-order valence-corrected chi connectivity index (χ1v) is 9.83. The van der Waals surface area contributed by atoms with E-state index < -0.39 is 14.3 Å². The van der Waals surface area contributed by atoms with Gasteiger partial charge < -0.3 is 4.74 Å². The number of benzene rings is 1. The second-order valence-corrected chi connectivity index (χ2v) is 7.20. The molecule has 9 heteroatoms. The van der Waals surface area contributed by atoms with Gasteiger partial charge in [-0.05, 0) is 35.1 Å². The highest BCUT2D eigenvalue weighted by molar-refractivity contribution is 7.30. The Kier molecular flexibility index (Phi) is 7.50. The minimum absolute atomic E-state index is 0.262. The fourth-order valence-electron chi connectivity index (χ4n) is 2.77. The SMILES string of the molecule is COC(=O)[C@H](c1ccccc1Cl)N1CCc2sccc2C1.O=[P+](O)O. The molecule has 1 atom stereocenters. The van der Waals surface area contributed by atoms with Crippen molar-refractivity contribution in [2.45, 2.75) is 19.0 Å². The summed E-state index contributed by atoms with van der Waals surface area (Å²) in [4.78, 5) is 30.1. The minimum Gasteiger partial charge on any atom is -0.468 e. The fourth-order valence-corrected chi connectivity index (χ4v) is 3.90. The minimum atomic E-state index is -2.87. The Labute approximate surface area is 155 Å². The number of halogens is 1. The van der Waals surface area contributed by atoms with Crippen molar-refractivity contribution in [1.29, 1.82) is 0 Å². The van der Waals surface area contributed by atoms with Gasteiger partial charge in [0.15, 0.2) is 0 Å². The van der Waals surface area contributed by atoms with Gasteiger partial charge in [-0.1, -0.05) is 29.8 Å². The van der Waals surface area contributed by atoms with Gasteiger partial charge in [0.25, 0.3) is 0 Å². The highest BCUT2D eigenvalue weighted by atomic mass is 35.5. The number of methoxy groups -OCH3 is 1.